The summed E-state index contributed by atoms with van der Waals surface area (Å²) in [5, 5.41) is 11.3. The summed E-state index contributed by atoms with van der Waals surface area (Å²) in [7, 11) is 0. The molecule has 0 unspecified atom stereocenters. The Hall–Kier alpha value is -2.37. The summed E-state index contributed by atoms with van der Waals surface area (Å²) in [6, 6.07) is 3.64. The van der Waals surface area contributed by atoms with Crippen LogP contribution >= 0.6 is 23.1 Å². The van der Waals surface area contributed by atoms with Crippen LogP contribution in [0.1, 0.15) is 93.6 Å². The normalized spacial score (nSPS) is 24.1. The third-order valence-corrected chi connectivity index (χ3v) is 9.41. The molecule has 2 heterocycles. The lowest BCUT2D eigenvalue weighted by Crippen LogP contribution is -2.46. The first kappa shape index (κ1) is 27.7. The maximum atomic E-state index is 14.1. The van der Waals surface area contributed by atoms with Crippen LogP contribution in [-0.2, 0) is 4.79 Å². The summed E-state index contributed by atoms with van der Waals surface area (Å²) in [5.74, 6) is 6.06. The van der Waals surface area contributed by atoms with Gasteiger partial charge in [0.05, 0.1) is 10.6 Å². The molecule has 0 aliphatic heterocycles. The number of carbonyl (C=O) groups is 2. The number of aromatic carboxylic acids is 1. The fraction of sp³-hybridized carbons (Fsp3) is 0.586. The zero-order valence-electron chi connectivity index (χ0n) is 22.2. The number of hydrogen-bond acceptors (Lipinski definition) is 6. The highest BCUT2D eigenvalue weighted by Gasteiger charge is 2.37. The third kappa shape index (κ3) is 7.36. The molecule has 0 aromatic carbocycles. The average molecular weight is 540 g/mol. The van der Waals surface area contributed by atoms with E-state index < -0.39 is 5.97 Å². The first-order chi connectivity index (χ1) is 17.6. The number of thioether (sulfide) groups is 1. The van der Waals surface area contributed by atoms with Gasteiger partial charge in [0, 0.05) is 35.0 Å². The van der Waals surface area contributed by atoms with Gasteiger partial charge in [0.25, 0.3) is 0 Å². The van der Waals surface area contributed by atoms with Crippen LogP contribution in [0.3, 0.4) is 0 Å². The van der Waals surface area contributed by atoms with Crippen LogP contribution in [0.25, 0.3) is 0 Å². The lowest BCUT2D eigenvalue weighted by atomic mass is 9.81. The predicted molar refractivity (Wildman–Crippen MR) is 150 cm³/mol. The number of rotatable bonds is 6. The summed E-state index contributed by atoms with van der Waals surface area (Å²) in [6.07, 6.45) is 10.9. The zero-order chi connectivity index (χ0) is 26.6. The number of thiophene rings is 1. The molecule has 1 amide bonds. The number of carbonyl (C=O) groups excluding carboxylic acids is 1. The molecule has 37 heavy (non-hydrogen) atoms. The van der Waals surface area contributed by atoms with Gasteiger partial charge >= 0.3 is 5.97 Å². The number of aromatic nitrogens is 2. The molecule has 0 radical (unpaired) electrons. The molecular formula is C29H37N3O3S2. The molecule has 2 saturated carbocycles. The van der Waals surface area contributed by atoms with Gasteiger partial charge in [-0.05, 0) is 90.2 Å². The summed E-state index contributed by atoms with van der Waals surface area (Å²) in [6.45, 7) is 8.34. The fourth-order valence-corrected chi connectivity index (χ4v) is 7.03. The Morgan fingerprint density at radius 2 is 1.70 bits per heavy atom. The molecule has 8 heteroatoms. The number of hydrogen-bond donors (Lipinski definition) is 1. The zero-order valence-corrected chi connectivity index (χ0v) is 23.8. The molecule has 198 valence electrons. The molecule has 4 rings (SSSR count). The van der Waals surface area contributed by atoms with E-state index in [1.807, 2.05) is 37.8 Å². The topological polar surface area (TPSA) is 83.4 Å². The fourth-order valence-electron chi connectivity index (χ4n) is 5.14. The Morgan fingerprint density at radius 3 is 2.30 bits per heavy atom. The minimum Gasteiger partial charge on any atom is -0.477 e. The van der Waals surface area contributed by atoms with Gasteiger partial charge in [0.15, 0.2) is 5.16 Å². The van der Waals surface area contributed by atoms with Crippen molar-refractivity contribution in [2.24, 2.45) is 17.3 Å². The van der Waals surface area contributed by atoms with Gasteiger partial charge in [-0.1, -0.05) is 30.5 Å². The van der Waals surface area contributed by atoms with Crippen molar-refractivity contribution in [3.63, 3.8) is 0 Å². The number of anilines is 1. The highest BCUT2D eigenvalue weighted by molar-refractivity contribution is 7.99. The molecular weight excluding hydrogens is 502 g/mol. The molecule has 2 aliphatic carbocycles. The van der Waals surface area contributed by atoms with Crippen LogP contribution < -0.4 is 4.90 Å². The van der Waals surface area contributed by atoms with E-state index in [0.717, 1.165) is 56.5 Å². The molecule has 0 atom stereocenters. The van der Waals surface area contributed by atoms with E-state index in [9.17, 15) is 14.7 Å². The van der Waals surface area contributed by atoms with Gasteiger partial charge in [-0.25, -0.2) is 14.8 Å². The molecule has 2 aromatic heterocycles. The van der Waals surface area contributed by atoms with Crippen molar-refractivity contribution in [1.29, 1.82) is 0 Å². The Labute approximate surface area is 228 Å². The van der Waals surface area contributed by atoms with Crippen LogP contribution in [0.4, 0.5) is 5.69 Å². The summed E-state index contributed by atoms with van der Waals surface area (Å²) < 4.78 is 0. The van der Waals surface area contributed by atoms with Crippen LogP contribution in [0, 0.1) is 29.1 Å². The predicted octanol–water partition coefficient (Wildman–Crippen LogP) is 6.90. The number of nitrogens with zero attached hydrogens (tertiary/aromatic N) is 3. The van der Waals surface area contributed by atoms with Crippen LogP contribution in [-0.4, -0.2) is 38.2 Å². The van der Waals surface area contributed by atoms with Gasteiger partial charge < -0.3 is 10.0 Å². The van der Waals surface area contributed by atoms with Crippen molar-refractivity contribution in [3.8, 4) is 11.8 Å². The van der Waals surface area contributed by atoms with Gasteiger partial charge in [-0.2, -0.15) is 0 Å². The maximum absolute atomic E-state index is 14.1. The first-order valence-electron chi connectivity index (χ1n) is 13.3. The van der Waals surface area contributed by atoms with E-state index in [0.29, 0.717) is 21.7 Å². The van der Waals surface area contributed by atoms with Crippen LogP contribution in [0.2, 0.25) is 0 Å². The van der Waals surface area contributed by atoms with Crippen molar-refractivity contribution in [3.05, 3.63) is 34.3 Å². The minimum absolute atomic E-state index is 0.0171. The largest absolute Gasteiger partial charge is 0.477 e. The summed E-state index contributed by atoms with van der Waals surface area (Å²) in [5.41, 5.74) is 0.335. The van der Waals surface area contributed by atoms with E-state index in [4.69, 9.17) is 0 Å². The Balaban J connectivity index is 1.61. The van der Waals surface area contributed by atoms with Gasteiger partial charge in [-0.3, -0.25) is 4.79 Å². The number of carboxylic acid groups (broad SMARTS) is 1. The second kappa shape index (κ2) is 12.0. The SMILES string of the molecule is CC(C)(C)C#Cc1cc(N(C(=O)[C@H]2CC[C@H](C)CC2)[C@H]2CC[C@H](Sc3ncccn3)CC2)c(C(=O)O)s1. The highest BCUT2D eigenvalue weighted by atomic mass is 32.2. The Kier molecular flexibility index (Phi) is 8.97. The molecule has 0 bridgehead atoms. The molecule has 0 spiro atoms. The molecule has 2 fully saturated rings. The Bertz CT molecular complexity index is 1150. The van der Waals surface area contributed by atoms with Crippen molar-refractivity contribution >= 4 is 40.7 Å². The monoisotopic (exact) mass is 539 g/mol. The maximum Gasteiger partial charge on any atom is 0.348 e. The van der Waals surface area contributed by atoms with Crippen LogP contribution in [0.5, 0.6) is 0 Å². The standard InChI is InChI=1S/C29H37N3O3S2/c1-19-6-8-20(9-7-19)26(33)32(21-10-12-22(13-11-21)37-28-30-16-5-17-31-28)24-18-23(14-15-29(2,3)4)36-25(24)27(34)35/h5,16-22H,6-13H2,1-4H3,(H,34,35)/t19-,20-,21-,22-. The molecule has 1 N–H and O–H groups in total. The number of carboxylic acids is 1. The van der Waals surface area contributed by atoms with Gasteiger partial charge in [-0.15, -0.1) is 11.3 Å². The minimum atomic E-state index is -0.996. The van der Waals surface area contributed by atoms with Crippen LogP contribution in [0.15, 0.2) is 29.7 Å². The van der Waals surface area contributed by atoms with Crippen molar-refractivity contribution in [1.82, 2.24) is 9.97 Å². The molecule has 6 nitrogen and oxygen atoms in total. The van der Waals surface area contributed by atoms with E-state index >= 15 is 0 Å². The summed E-state index contributed by atoms with van der Waals surface area (Å²) in [4.78, 5) is 37.9. The van der Waals surface area contributed by atoms with Crippen molar-refractivity contribution in [2.45, 2.75) is 95.5 Å². The van der Waals surface area contributed by atoms with Crippen molar-refractivity contribution in [2.75, 3.05) is 4.90 Å². The Morgan fingerprint density at radius 1 is 1.05 bits per heavy atom. The van der Waals surface area contributed by atoms with Crippen molar-refractivity contribution < 1.29 is 14.7 Å². The van der Waals surface area contributed by atoms with E-state index in [1.165, 1.54) is 11.3 Å². The van der Waals surface area contributed by atoms with E-state index in [1.54, 1.807) is 24.2 Å². The third-order valence-electron chi connectivity index (χ3n) is 7.15. The quantitative estimate of drug-likeness (QED) is 0.318. The molecule has 2 aliphatic rings. The lowest BCUT2D eigenvalue weighted by molar-refractivity contribution is -0.124. The number of amides is 1. The molecule has 0 saturated heterocycles. The average Bonchev–Trinajstić information content (AvgIpc) is 3.29. The summed E-state index contributed by atoms with van der Waals surface area (Å²) >= 11 is 2.88. The smallest absolute Gasteiger partial charge is 0.348 e. The second-order valence-corrected chi connectivity index (χ2v) is 13.7. The second-order valence-electron chi connectivity index (χ2n) is 11.4. The van der Waals surface area contributed by atoms with Gasteiger partial charge in [0.1, 0.15) is 4.88 Å². The highest BCUT2D eigenvalue weighted by Crippen LogP contribution is 2.40. The van der Waals surface area contributed by atoms with Gasteiger partial charge in [0.2, 0.25) is 5.91 Å². The first-order valence-corrected chi connectivity index (χ1v) is 15.0. The molecule has 2 aromatic rings. The lowest BCUT2D eigenvalue weighted by Gasteiger charge is -2.39. The van der Waals surface area contributed by atoms with E-state index in [-0.39, 0.29) is 28.2 Å². The van der Waals surface area contributed by atoms with E-state index in [2.05, 4.69) is 28.7 Å².